The van der Waals surface area contributed by atoms with Crippen molar-refractivity contribution in [3.8, 4) is 11.5 Å². The molecule has 0 aliphatic carbocycles. The molecule has 1 aromatic heterocycles. The lowest BCUT2D eigenvalue weighted by Gasteiger charge is -2.34. The van der Waals surface area contributed by atoms with E-state index in [1.54, 1.807) is 49.3 Å². The number of methoxy groups -OCH3 is 1. The van der Waals surface area contributed by atoms with Crippen molar-refractivity contribution < 1.29 is 19.1 Å². The average molecular weight is 385 g/mol. The molecule has 0 unspecified atom stereocenters. The van der Waals surface area contributed by atoms with Crippen molar-refractivity contribution >= 4 is 23.5 Å². The summed E-state index contributed by atoms with van der Waals surface area (Å²) in [5.74, 6) is 1.85. The van der Waals surface area contributed by atoms with Gasteiger partial charge in [-0.3, -0.25) is 9.59 Å². The number of aromatic nitrogens is 2. The topological polar surface area (TPSA) is 96.9 Å². The molecule has 9 heteroatoms. The normalized spacial score (nSPS) is 13.8. The molecule has 1 N–H and O–H groups in total. The predicted octanol–water partition coefficient (Wildman–Crippen LogP) is 1.17. The first-order valence-electron chi connectivity index (χ1n) is 8.96. The Kier molecular flexibility index (Phi) is 6.25. The van der Waals surface area contributed by atoms with Gasteiger partial charge in [-0.1, -0.05) is 12.1 Å². The van der Waals surface area contributed by atoms with Gasteiger partial charge in [0.05, 0.1) is 7.11 Å². The average Bonchev–Trinajstić information content (AvgIpc) is 2.73. The van der Waals surface area contributed by atoms with Crippen LogP contribution in [-0.4, -0.2) is 66.8 Å². The number of nitrogens with zero attached hydrogens (tertiary/aromatic N) is 4. The van der Waals surface area contributed by atoms with Gasteiger partial charge in [0.15, 0.2) is 29.7 Å². The maximum Gasteiger partial charge on any atom is 0.263 e. The van der Waals surface area contributed by atoms with Crippen LogP contribution in [0.25, 0.3) is 0 Å². The van der Waals surface area contributed by atoms with Gasteiger partial charge in [-0.2, -0.15) is 0 Å². The van der Waals surface area contributed by atoms with E-state index in [0.29, 0.717) is 49.3 Å². The van der Waals surface area contributed by atoms with Crippen LogP contribution in [0.4, 0.5) is 11.6 Å². The molecule has 1 fully saturated rings. The molecule has 148 valence electrons. The highest BCUT2D eigenvalue weighted by molar-refractivity contribution is 5.91. The molecular formula is C19H23N5O4. The Morgan fingerprint density at radius 2 is 1.75 bits per heavy atom. The summed E-state index contributed by atoms with van der Waals surface area (Å²) in [6.45, 7) is 4.13. The van der Waals surface area contributed by atoms with Gasteiger partial charge in [0.2, 0.25) is 5.91 Å². The first-order valence-corrected chi connectivity index (χ1v) is 8.96. The number of hydrogen-bond donors (Lipinski definition) is 1. The van der Waals surface area contributed by atoms with Crippen molar-refractivity contribution in [3.05, 3.63) is 36.4 Å². The zero-order valence-corrected chi connectivity index (χ0v) is 15.9. The lowest BCUT2D eigenvalue weighted by atomic mass is 10.3. The van der Waals surface area contributed by atoms with E-state index in [-0.39, 0.29) is 18.4 Å². The van der Waals surface area contributed by atoms with Crippen LogP contribution in [0.2, 0.25) is 0 Å². The number of piperazine rings is 1. The standard InChI is InChI=1S/C19H23N5O4/c1-14(25)23-9-11-24(12-10-23)18-8-7-17(21-22-18)20-19(26)13-28-16-6-4-3-5-15(16)27-2/h3-8H,9-13H2,1-2H3,(H,20,21,26). The zero-order chi connectivity index (χ0) is 19.9. The van der Waals surface area contributed by atoms with Crippen molar-refractivity contribution in [2.45, 2.75) is 6.92 Å². The summed E-state index contributed by atoms with van der Waals surface area (Å²) >= 11 is 0. The quantitative estimate of drug-likeness (QED) is 0.797. The monoisotopic (exact) mass is 385 g/mol. The van der Waals surface area contributed by atoms with Crippen molar-refractivity contribution in [2.75, 3.05) is 50.1 Å². The second-order valence-corrected chi connectivity index (χ2v) is 6.26. The third-order valence-electron chi connectivity index (χ3n) is 4.39. The van der Waals surface area contributed by atoms with Crippen LogP contribution in [0.1, 0.15) is 6.92 Å². The maximum absolute atomic E-state index is 12.1. The molecule has 3 rings (SSSR count). The predicted molar refractivity (Wildman–Crippen MR) is 104 cm³/mol. The maximum atomic E-state index is 12.1. The number of anilines is 2. The Morgan fingerprint density at radius 3 is 2.36 bits per heavy atom. The SMILES string of the molecule is COc1ccccc1OCC(=O)Nc1ccc(N2CCN(C(C)=O)CC2)nn1. The molecule has 1 aliphatic heterocycles. The van der Waals surface area contributed by atoms with Gasteiger partial charge in [-0.25, -0.2) is 0 Å². The molecule has 28 heavy (non-hydrogen) atoms. The second-order valence-electron chi connectivity index (χ2n) is 6.26. The summed E-state index contributed by atoms with van der Waals surface area (Å²) in [6, 6.07) is 10.6. The van der Waals surface area contributed by atoms with Crippen LogP contribution < -0.4 is 19.7 Å². The van der Waals surface area contributed by atoms with Gasteiger partial charge < -0.3 is 24.6 Å². The van der Waals surface area contributed by atoms with E-state index < -0.39 is 0 Å². The van der Waals surface area contributed by atoms with Crippen molar-refractivity contribution in [3.63, 3.8) is 0 Å². The zero-order valence-electron chi connectivity index (χ0n) is 15.9. The minimum Gasteiger partial charge on any atom is -0.493 e. The third-order valence-corrected chi connectivity index (χ3v) is 4.39. The second kappa shape index (κ2) is 9.03. The molecule has 0 bridgehead atoms. The van der Waals surface area contributed by atoms with E-state index in [4.69, 9.17) is 9.47 Å². The smallest absolute Gasteiger partial charge is 0.263 e. The summed E-state index contributed by atoms with van der Waals surface area (Å²) in [4.78, 5) is 27.3. The highest BCUT2D eigenvalue weighted by Crippen LogP contribution is 2.25. The number of benzene rings is 1. The molecule has 0 atom stereocenters. The van der Waals surface area contributed by atoms with Gasteiger partial charge in [-0.05, 0) is 24.3 Å². The number of amides is 2. The first kappa shape index (κ1) is 19.4. The summed E-state index contributed by atoms with van der Waals surface area (Å²) in [7, 11) is 1.54. The number of rotatable bonds is 6. The molecule has 1 aromatic carbocycles. The fraction of sp³-hybridized carbons (Fsp3) is 0.368. The van der Waals surface area contributed by atoms with Crippen LogP contribution in [-0.2, 0) is 9.59 Å². The minimum atomic E-state index is -0.344. The molecule has 1 saturated heterocycles. The summed E-state index contributed by atoms with van der Waals surface area (Å²) < 4.78 is 10.7. The van der Waals surface area contributed by atoms with Crippen molar-refractivity contribution in [1.82, 2.24) is 15.1 Å². The Labute approximate surface area is 163 Å². The van der Waals surface area contributed by atoms with Crippen molar-refractivity contribution in [2.24, 2.45) is 0 Å². The van der Waals surface area contributed by atoms with E-state index in [9.17, 15) is 9.59 Å². The van der Waals surface area contributed by atoms with E-state index in [2.05, 4.69) is 20.4 Å². The van der Waals surface area contributed by atoms with E-state index >= 15 is 0 Å². The van der Waals surface area contributed by atoms with Crippen LogP contribution in [0.5, 0.6) is 11.5 Å². The van der Waals surface area contributed by atoms with Gasteiger partial charge in [0.25, 0.3) is 5.91 Å². The fourth-order valence-electron chi connectivity index (χ4n) is 2.87. The summed E-state index contributed by atoms with van der Waals surface area (Å²) in [6.07, 6.45) is 0. The molecule has 1 aliphatic rings. The molecule has 0 radical (unpaired) electrons. The number of nitrogens with one attached hydrogen (secondary N) is 1. The van der Waals surface area contributed by atoms with Crippen LogP contribution >= 0.6 is 0 Å². The summed E-state index contributed by atoms with van der Waals surface area (Å²) in [5.41, 5.74) is 0. The number of carbonyl (C=O) groups is 2. The van der Waals surface area contributed by atoms with Crippen LogP contribution in [0, 0.1) is 0 Å². The Balaban J connectivity index is 1.50. The molecule has 2 heterocycles. The van der Waals surface area contributed by atoms with Crippen LogP contribution in [0.15, 0.2) is 36.4 Å². The largest absolute Gasteiger partial charge is 0.493 e. The van der Waals surface area contributed by atoms with Crippen molar-refractivity contribution in [1.29, 1.82) is 0 Å². The van der Waals surface area contributed by atoms with Gasteiger partial charge >= 0.3 is 0 Å². The lowest BCUT2D eigenvalue weighted by Crippen LogP contribution is -2.48. The van der Waals surface area contributed by atoms with Gasteiger partial charge in [0, 0.05) is 33.1 Å². The molecule has 2 aromatic rings. The highest BCUT2D eigenvalue weighted by atomic mass is 16.5. The molecule has 0 spiro atoms. The van der Waals surface area contributed by atoms with Gasteiger partial charge in [0.1, 0.15) is 0 Å². The number of ether oxygens (including phenoxy) is 2. The molecular weight excluding hydrogens is 362 g/mol. The third kappa shape index (κ3) is 4.87. The number of para-hydroxylation sites is 2. The fourth-order valence-corrected chi connectivity index (χ4v) is 2.87. The van der Waals surface area contributed by atoms with E-state index in [0.717, 1.165) is 0 Å². The molecule has 9 nitrogen and oxygen atoms in total. The molecule has 0 saturated carbocycles. The molecule has 2 amide bonds. The highest BCUT2D eigenvalue weighted by Gasteiger charge is 2.19. The Bertz CT molecular complexity index is 819. The summed E-state index contributed by atoms with van der Waals surface area (Å²) in [5, 5.41) is 10.9. The van der Waals surface area contributed by atoms with E-state index in [1.807, 2.05) is 6.07 Å². The Hall–Kier alpha value is -3.36. The lowest BCUT2D eigenvalue weighted by molar-refractivity contribution is -0.129. The van der Waals surface area contributed by atoms with E-state index in [1.165, 1.54) is 0 Å². The van der Waals surface area contributed by atoms with Crippen LogP contribution in [0.3, 0.4) is 0 Å². The number of carbonyl (C=O) groups excluding carboxylic acids is 2. The minimum absolute atomic E-state index is 0.0825. The van der Waals surface area contributed by atoms with Gasteiger partial charge in [-0.15, -0.1) is 10.2 Å². The Morgan fingerprint density at radius 1 is 1.04 bits per heavy atom. The first-order chi connectivity index (χ1) is 13.6. The number of hydrogen-bond acceptors (Lipinski definition) is 7.